The van der Waals surface area contributed by atoms with Gasteiger partial charge in [-0.2, -0.15) is 0 Å². The van der Waals surface area contributed by atoms with Crippen molar-refractivity contribution in [1.82, 2.24) is 10.3 Å². The Morgan fingerprint density at radius 3 is 2.74 bits per heavy atom. The highest BCUT2D eigenvalue weighted by atomic mass is 19.1. The van der Waals surface area contributed by atoms with Crippen LogP contribution in [0.3, 0.4) is 0 Å². The van der Waals surface area contributed by atoms with E-state index in [0.29, 0.717) is 30.8 Å². The number of amides is 1. The van der Waals surface area contributed by atoms with Gasteiger partial charge in [0.05, 0.1) is 0 Å². The molecule has 138 valence electrons. The molecule has 0 aliphatic heterocycles. The minimum atomic E-state index is -0.273. The van der Waals surface area contributed by atoms with Gasteiger partial charge in [-0.15, -0.1) is 0 Å². The van der Waals surface area contributed by atoms with Crippen LogP contribution in [0, 0.1) is 12.7 Å². The SMILES string of the molecule is Cc1cccc(CNc2ccnc(C(=O)NCCc3ccccc3F)c2)c1. The molecule has 0 saturated heterocycles. The molecule has 0 fully saturated rings. The Morgan fingerprint density at radius 1 is 1.07 bits per heavy atom. The Balaban J connectivity index is 1.54. The number of hydrogen-bond donors (Lipinski definition) is 2. The second-order valence-electron chi connectivity index (χ2n) is 6.37. The van der Waals surface area contributed by atoms with Crippen molar-refractivity contribution in [2.45, 2.75) is 19.9 Å². The molecule has 3 aromatic rings. The van der Waals surface area contributed by atoms with Crippen LogP contribution in [0.15, 0.2) is 66.9 Å². The first-order valence-electron chi connectivity index (χ1n) is 8.89. The molecule has 3 rings (SSSR count). The number of nitrogens with one attached hydrogen (secondary N) is 2. The summed E-state index contributed by atoms with van der Waals surface area (Å²) in [5.41, 5.74) is 4.12. The first-order valence-corrected chi connectivity index (χ1v) is 8.89. The molecule has 1 heterocycles. The highest BCUT2D eigenvalue weighted by molar-refractivity contribution is 5.93. The third-order valence-electron chi connectivity index (χ3n) is 4.21. The first-order chi connectivity index (χ1) is 13.1. The second kappa shape index (κ2) is 8.94. The summed E-state index contributed by atoms with van der Waals surface area (Å²) in [5.74, 6) is -0.530. The monoisotopic (exact) mass is 363 g/mol. The predicted molar refractivity (Wildman–Crippen MR) is 105 cm³/mol. The quantitative estimate of drug-likeness (QED) is 0.664. The summed E-state index contributed by atoms with van der Waals surface area (Å²) in [6.07, 6.45) is 2.04. The fourth-order valence-corrected chi connectivity index (χ4v) is 2.79. The summed E-state index contributed by atoms with van der Waals surface area (Å²) in [6, 6.07) is 18.4. The van der Waals surface area contributed by atoms with E-state index in [1.807, 2.05) is 12.1 Å². The van der Waals surface area contributed by atoms with E-state index < -0.39 is 0 Å². The first kappa shape index (κ1) is 18.6. The third-order valence-corrected chi connectivity index (χ3v) is 4.21. The number of halogens is 1. The van der Waals surface area contributed by atoms with Gasteiger partial charge >= 0.3 is 0 Å². The van der Waals surface area contributed by atoms with Gasteiger partial charge in [0.25, 0.3) is 5.91 Å². The number of nitrogens with zero attached hydrogens (tertiary/aromatic N) is 1. The molecule has 2 aromatic carbocycles. The molecule has 5 heteroatoms. The maximum absolute atomic E-state index is 13.6. The van der Waals surface area contributed by atoms with Crippen LogP contribution in [-0.2, 0) is 13.0 Å². The molecule has 0 spiro atoms. The van der Waals surface area contributed by atoms with Gasteiger partial charge in [-0.25, -0.2) is 4.39 Å². The fourth-order valence-electron chi connectivity index (χ4n) is 2.79. The van der Waals surface area contributed by atoms with Gasteiger partial charge in [0.1, 0.15) is 11.5 Å². The van der Waals surface area contributed by atoms with E-state index in [9.17, 15) is 9.18 Å². The molecule has 0 bridgehead atoms. The average molecular weight is 363 g/mol. The minimum Gasteiger partial charge on any atom is -0.381 e. The van der Waals surface area contributed by atoms with Crippen LogP contribution < -0.4 is 10.6 Å². The standard InChI is InChI=1S/C22H22FN3O/c1-16-5-4-6-17(13-16)15-26-19-10-12-24-21(14-19)22(27)25-11-9-18-7-2-3-8-20(18)23/h2-8,10,12-14H,9,11,15H2,1H3,(H,24,26)(H,25,27). The van der Waals surface area contributed by atoms with E-state index in [-0.39, 0.29) is 11.7 Å². The minimum absolute atomic E-state index is 0.257. The van der Waals surface area contributed by atoms with Crippen molar-refractivity contribution < 1.29 is 9.18 Å². The largest absolute Gasteiger partial charge is 0.381 e. The fraction of sp³-hybridized carbons (Fsp3) is 0.182. The zero-order valence-electron chi connectivity index (χ0n) is 15.2. The maximum Gasteiger partial charge on any atom is 0.269 e. The Labute approximate surface area is 158 Å². The van der Waals surface area contributed by atoms with Crippen LogP contribution in [0.1, 0.15) is 27.2 Å². The zero-order chi connectivity index (χ0) is 19.1. The van der Waals surface area contributed by atoms with Gasteiger partial charge in [-0.05, 0) is 42.7 Å². The number of rotatable bonds is 7. The van der Waals surface area contributed by atoms with E-state index in [0.717, 1.165) is 5.69 Å². The summed E-state index contributed by atoms with van der Waals surface area (Å²) in [4.78, 5) is 16.4. The molecule has 0 aliphatic carbocycles. The number of anilines is 1. The smallest absolute Gasteiger partial charge is 0.269 e. The van der Waals surface area contributed by atoms with Crippen LogP contribution in [0.2, 0.25) is 0 Å². The van der Waals surface area contributed by atoms with E-state index in [2.05, 4.69) is 40.7 Å². The Morgan fingerprint density at radius 2 is 1.93 bits per heavy atom. The molecule has 0 aliphatic rings. The lowest BCUT2D eigenvalue weighted by molar-refractivity contribution is 0.0949. The molecular weight excluding hydrogens is 341 g/mol. The van der Waals surface area contributed by atoms with Gasteiger partial charge in [-0.3, -0.25) is 9.78 Å². The van der Waals surface area contributed by atoms with Crippen LogP contribution in [0.25, 0.3) is 0 Å². The summed E-state index contributed by atoms with van der Waals surface area (Å²) in [5, 5.41) is 6.09. The van der Waals surface area contributed by atoms with Crippen molar-refractivity contribution in [2.24, 2.45) is 0 Å². The number of aryl methyl sites for hydroxylation is 1. The lowest BCUT2D eigenvalue weighted by atomic mass is 10.1. The number of hydrogen-bond acceptors (Lipinski definition) is 3. The van der Waals surface area contributed by atoms with Crippen LogP contribution >= 0.6 is 0 Å². The normalized spacial score (nSPS) is 10.4. The molecule has 0 atom stereocenters. The average Bonchev–Trinajstić information content (AvgIpc) is 2.68. The zero-order valence-corrected chi connectivity index (χ0v) is 15.2. The molecule has 27 heavy (non-hydrogen) atoms. The van der Waals surface area contributed by atoms with Crippen molar-refractivity contribution in [3.63, 3.8) is 0 Å². The lowest BCUT2D eigenvalue weighted by Gasteiger charge is -2.09. The van der Waals surface area contributed by atoms with Crippen molar-refractivity contribution in [3.8, 4) is 0 Å². The van der Waals surface area contributed by atoms with Crippen LogP contribution in [0.4, 0.5) is 10.1 Å². The summed E-state index contributed by atoms with van der Waals surface area (Å²) in [6.45, 7) is 3.07. The van der Waals surface area contributed by atoms with Crippen molar-refractivity contribution in [1.29, 1.82) is 0 Å². The Bertz CT molecular complexity index is 927. The maximum atomic E-state index is 13.6. The number of benzene rings is 2. The summed E-state index contributed by atoms with van der Waals surface area (Å²) < 4.78 is 13.6. The molecule has 4 nitrogen and oxygen atoms in total. The van der Waals surface area contributed by atoms with Gasteiger partial charge in [0.2, 0.25) is 0 Å². The molecule has 1 amide bonds. The lowest BCUT2D eigenvalue weighted by Crippen LogP contribution is -2.26. The predicted octanol–water partition coefficient (Wildman–Crippen LogP) is 4.11. The number of carbonyl (C=O) groups is 1. The van der Waals surface area contributed by atoms with Crippen LogP contribution in [0.5, 0.6) is 0 Å². The molecule has 0 unspecified atom stereocenters. The number of pyridine rings is 1. The topological polar surface area (TPSA) is 54.0 Å². The van der Waals surface area contributed by atoms with Gasteiger partial charge in [0.15, 0.2) is 0 Å². The third kappa shape index (κ3) is 5.38. The second-order valence-corrected chi connectivity index (χ2v) is 6.37. The van der Waals surface area contributed by atoms with Crippen LogP contribution in [-0.4, -0.2) is 17.4 Å². The van der Waals surface area contributed by atoms with E-state index in [1.54, 1.807) is 30.5 Å². The summed E-state index contributed by atoms with van der Waals surface area (Å²) in [7, 11) is 0. The molecule has 0 radical (unpaired) electrons. The van der Waals surface area contributed by atoms with E-state index >= 15 is 0 Å². The Hall–Kier alpha value is -3.21. The van der Waals surface area contributed by atoms with Gasteiger partial charge in [-0.1, -0.05) is 48.0 Å². The Kier molecular flexibility index (Phi) is 6.15. The molecule has 1 aromatic heterocycles. The molecule has 0 saturated carbocycles. The van der Waals surface area contributed by atoms with Gasteiger partial charge in [0, 0.05) is 25.0 Å². The van der Waals surface area contributed by atoms with Crippen molar-refractivity contribution >= 4 is 11.6 Å². The van der Waals surface area contributed by atoms with E-state index in [1.165, 1.54) is 17.2 Å². The number of aromatic nitrogens is 1. The van der Waals surface area contributed by atoms with Crippen molar-refractivity contribution in [3.05, 3.63) is 95.1 Å². The highest BCUT2D eigenvalue weighted by Gasteiger charge is 2.08. The number of carbonyl (C=O) groups excluding carboxylic acids is 1. The molecular formula is C22H22FN3O. The highest BCUT2D eigenvalue weighted by Crippen LogP contribution is 2.12. The van der Waals surface area contributed by atoms with E-state index in [4.69, 9.17) is 0 Å². The van der Waals surface area contributed by atoms with Gasteiger partial charge < -0.3 is 10.6 Å². The summed E-state index contributed by atoms with van der Waals surface area (Å²) >= 11 is 0. The van der Waals surface area contributed by atoms with Crippen molar-refractivity contribution in [2.75, 3.05) is 11.9 Å². The molecule has 2 N–H and O–H groups in total.